The van der Waals surface area contributed by atoms with Crippen LogP contribution in [0, 0.1) is 5.92 Å². The Bertz CT molecular complexity index is 275. The van der Waals surface area contributed by atoms with Gasteiger partial charge in [-0.25, -0.2) is 4.79 Å². The summed E-state index contributed by atoms with van der Waals surface area (Å²) >= 11 is 0. The molecule has 76 valence electrons. The molecule has 0 spiro atoms. The lowest BCUT2D eigenvalue weighted by atomic mass is 10.0. The summed E-state index contributed by atoms with van der Waals surface area (Å²) in [6, 6.07) is 0. The topological polar surface area (TPSA) is 26.3 Å². The summed E-state index contributed by atoms with van der Waals surface area (Å²) in [6.45, 7) is 7.23. The highest BCUT2D eigenvalue weighted by molar-refractivity contribution is 5.87. The molecule has 14 heavy (non-hydrogen) atoms. The summed E-state index contributed by atoms with van der Waals surface area (Å²) in [5.41, 5.74) is 0.453. The smallest absolute Gasteiger partial charge is 0.333 e. The molecule has 0 N–H and O–H groups in total. The van der Waals surface area contributed by atoms with Crippen LogP contribution in [0.3, 0.4) is 0 Å². The predicted molar refractivity (Wildman–Crippen MR) is 56.8 cm³/mol. The molecule has 1 atom stereocenters. The Morgan fingerprint density at radius 1 is 1.50 bits per heavy atom. The van der Waals surface area contributed by atoms with Crippen molar-refractivity contribution >= 4 is 5.97 Å². The molecule has 0 saturated heterocycles. The minimum absolute atomic E-state index is 0.0609. The van der Waals surface area contributed by atoms with Gasteiger partial charge in [0.05, 0.1) is 0 Å². The van der Waals surface area contributed by atoms with Crippen molar-refractivity contribution in [2.24, 2.45) is 5.92 Å². The van der Waals surface area contributed by atoms with E-state index in [4.69, 9.17) is 4.74 Å². The molecule has 0 bridgehead atoms. The molecule has 0 fully saturated rings. The average molecular weight is 192 g/mol. The number of esters is 1. The Labute approximate surface area is 85.0 Å². The van der Waals surface area contributed by atoms with Gasteiger partial charge >= 0.3 is 5.97 Å². The minimum atomic E-state index is -0.300. The molecule has 0 radical (unpaired) electrons. The van der Waals surface area contributed by atoms with Crippen LogP contribution in [0.15, 0.2) is 36.5 Å². The molecular formula is C12H16O2. The number of hydrogen-bond donors (Lipinski definition) is 0. The highest BCUT2D eigenvalue weighted by Gasteiger charge is 2.20. The standard InChI is InChI=1S/C12H16O2/c1-4-11(10-7-5-6-8-10)14-12(13)9(2)3/h5-8,10-11H,2,4H2,1,3H3. The van der Waals surface area contributed by atoms with Crippen LogP contribution in [0.25, 0.3) is 0 Å². The second-order valence-corrected chi connectivity index (χ2v) is 3.48. The van der Waals surface area contributed by atoms with E-state index < -0.39 is 0 Å². The Morgan fingerprint density at radius 3 is 2.50 bits per heavy atom. The molecule has 1 aliphatic carbocycles. The van der Waals surface area contributed by atoms with Crippen LogP contribution in [-0.2, 0) is 9.53 Å². The number of allylic oxidation sites excluding steroid dienone is 2. The summed E-state index contributed by atoms with van der Waals surface area (Å²) in [5, 5.41) is 0. The molecule has 0 aromatic carbocycles. The van der Waals surface area contributed by atoms with Gasteiger partial charge < -0.3 is 4.74 Å². The van der Waals surface area contributed by atoms with Crippen LogP contribution < -0.4 is 0 Å². The van der Waals surface area contributed by atoms with Gasteiger partial charge in [-0.1, -0.05) is 37.8 Å². The largest absolute Gasteiger partial charge is 0.458 e. The van der Waals surface area contributed by atoms with Gasteiger partial charge in [0.25, 0.3) is 0 Å². The zero-order chi connectivity index (χ0) is 10.6. The fraction of sp³-hybridized carbons (Fsp3) is 0.417. The maximum Gasteiger partial charge on any atom is 0.333 e. The summed E-state index contributed by atoms with van der Waals surface area (Å²) < 4.78 is 5.30. The SMILES string of the molecule is C=C(C)C(=O)OC(CC)C1C=CC=C1. The minimum Gasteiger partial charge on any atom is -0.458 e. The fourth-order valence-corrected chi connectivity index (χ4v) is 1.37. The molecule has 0 aromatic rings. The lowest BCUT2D eigenvalue weighted by Crippen LogP contribution is -2.23. The Kier molecular flexibility index (Phi) is 3.69. The molecule has 0 amide bonds. The first-order valence-electron chi connectivity index (χ1n) is 4.86. The second kappa shape index (κ2) is 4.80. The van der Waals surface area contributed by atoms with Gasteiger partial charge in [0.15, 0.2) is 0 Å². The average Bonchev–Trinajstić information content (AvgIpc) is 2.66. The lowest BCUT2D eigenvalue weighted by Gasteiger charge is -2.19. The van der Waals surface area contributed by atoms with Crippen molar-refractivity contribution in [1.29, 1.82) is 0 Å². The number of carbonyl (C=O) groups excluding carboxylic acids is 1. The van der Waals surface area contributed by atoms with E-state index in [0.717, 1.165) is 6.42 Å². The van der Waals surface area contributed by atoms with E-state index in [-0.39, 0.29) is 18.0 Å². The molecular weight excluding hydrogens is 176 g/mol. The van der Waals surface area contributed by atoms with Crippen molar-refractivity contribution in [2.45, 2.75) is 26.4 Å². The van der Waals surface area contributed by atoms with Crippen molar-refractivity contribution in [3.8, 4) is 0 Å². The lowest BCUT2D eigenvalue weighted by molar-refractivity contribution is -0.145. The normalized spacial score (nSPS) is 17.0. The van der Waals surface area contributed by atoms with E-state index in [2.05, 4.69) is 6.58 Å². The molecule has 1 aliphatic rings. The van der Waals surface area contributed by atoms with Crippen molar-refractivity contribution in [2.75, 3.05) is 0 Å². The van der Waals surface area contributed by atoms with Crippen LogP contribution in [0.1, 0.15) is 20.3 Å². The number of ether oxygens (including phenoxy) is 1. The highest BCUT2D eigenvalue weighted by Crippen LogP contribution is 2.19. The predicted octanol–water partition coefficient (Wildman–Crippen LogP) is 2.63. The maximum absolute atomic E-state index is 11.3. The van der Waals surface area contributed by atoms with Crippen molar-refractivity contribution in [3.05, 3.63) is 36.5 Å². The van der Waals surface area contributed by atoms with Crippen LogP contribution in [0.4, 0.5) is 0 Å². The van der Waals surface area contributed by atoms with Gasteiger partial charge in [-0.3, -0.25) is 0 Å². The monoisotopic (exact) mass is 192 g/mol. The van der Waals surface area contributed by atoms with Gasteiger partial charge in [0.2, 0.25) is 0 Å². The number of rotatable bonds is 4. The quantitative estimate of drug-likeness (QED) is 0.505. The summed E-state index contributed by atoms with van der Waals surface area (Å²) in [7, 11) is 0. The van der Waals surface area contributed by atoms with E-state index in [9.17, 15) is 4.79 Å². The van der Waals surface area contributed by atoms with Gasteiger partial charge in [-0.15, -0.1) is 0 Å². The first-order valence-corrected chi connectivity index (χ1v) is 4.86. The zero-order valence-electron chi connectivity index (χ0n) is 8.69. The Morgan fingerprint density at radius 2 is 2.07 bits per heavy atom. The van der Waals surface area contributed by atoms with E-state index in [1.807, 2.05) is 31.2 Å². The van der Waals surface area contributed by atoms with Crippen LogP contribution in [0.2, 0.25) is 0 Å². The third kappa shape index (κ3) is 2.59. The second-order valence-electron chi connectivity index (χ2n) is 3.48. The zero-order valence-corrected chi connectivity index (χ0v) is 8.69. The summed E-state index contributed by atoms with van der Waals surface area (Å²) in [6.07, 6.45) is 8.79. The van der Waals surface area contributed by atoms with Gasteiger partial charge in [0.1, 0.15) is 6.10 Å². The molecule has 0 aromatic heterocycles. The van der Waals surface area contributed by atoms with Gasteiger partial charge in [-0.2, -0.15) is 0 Å². The van der Waals surface area contributed by atoms with Gasteiger partial charge in [-0.05, 0) is 13.3 Å². The van der Waals surface area contributed by atoms with Crippen LogP contribution in [-0.4, -0.2) is 12.1 Å². The van der Waals surface area contributed by atoms with Crippen molar-refractivity contribution in [3.63, 3.8) is 0 Å². The van der Waals surface area contributed by atoms with E-state index >= 15 is 0 Å². The Hall–Kier alpha value is -1.31. The number of carbonyl (C=O) groups is 1. The molecule has 0 saturated carbocycles. The first kappa shape index (κ1) is 10.8. The fourth-order valence-electron chi connectivity index (χ4n) is 1.37. The van der Waals surface area contributed by atoms with E-state index in [1.54, 1.807) is 6.92 Å². The first-order chi connectivity index (χ1) is 6.65. The van der Waals surface area contributed by atoms with E-state index in [1.165, 1.54) is 0 Å². The highest BCUT2D eigenvalue weighted by atomic mass is 16.5. The molecule has 2 heteroatoms. The van der Waals surface area contributed by atoms with Crippen molar-refractivity contribution < 1.29 is 9.53 Å². The maximum atomic E-state index is 11.3. The Balaban J connectivity index is 2.55. The molecule has 1 rings (SSSR count). The van der Waals surface area contributed by atoms with Crippen molar-refractivity contribution in [1.82, 2.24) is 0 Å². The molecule has 2 nitrogen and oxygen atoms in total. The van der Waals surface area contributed by atoms with Gasteiger partial charge in [0, 0.05) is 11.5 Å². The van der Waals surface area contributed by atoms with Crippen LogP contribution >= 0.6 is 0 Å². The molecule has 0 aliphatic heterocycles. The number of hydrogen-bond acceptors (Lipinski definition) is 2. The van der Waals surface area contributed by atoms with E-state index in [0.29, 0.717) is 5.57 Å². The third-order valence-electron chi connectivity index (χ3n) is 2.22. The molecule has 1 unspecified atom stereocenters. The third-order valence-corrected chi connectivity index (χ3v) is 2.22. The van der Waals surface area contributed by atoms with Crippen LogP contribution in [0.5, 0.6) is 0 Å². The molecule has 0 heterocycles. The summed E-state index contributed by atoms with van der Waals surface area (Å²) in [5.74, 6) is -0.0751. The summed E-state index contributed by atoms with van der Waals surface area (Å²) in [4.78, 5) is 11.3.